The second-order valence-corrected chi connectivity index (χ2v) is 7.93. The van der Waals surface area contributed by atoms with E-state index in [0.717, 1.165) is 12.1 Å². The van der Waals surface area contributed by atoms with Crippen molar-refractivity contribution in [3.05, 3.63) is 29.3 Å². The van der Waals surface area contributed by atoms with Crippen molar-refractivity contribution in [2.75, 3.05) is 11.5 Å². The molecule has 0 fully saturated rings. The molecule has 0 aliphatic heterocycles. The van der Waals surface area contributed by atoms with E-state index < -0.39 is 35.7 Å². The highest BCUT2D eigenvalue weighted by Crippen LogP contribution is 2.34. The molecule has 27 heavy (non-hydrogen) atoms. The van der Waals surface area contributed by atoms with Crippen LogP contribution in [-0.4, -0.2) is 30.9 Å². The highest BCUT2D eigenvalue weighted by atomic mass is 32.2. The number of benzene rings is 1. The van der Waals surface area contributed by atoms with E-state index in [9.17, 15) is 21.4 Å². The second-order valence-electron chi connectivity index (χ2n) is 5.12. The molecule has 6 N–H and O–H groups in total. The Labute approximate surface area is 153 Å². The quantitative estimate of drug-likeness (QED) is 0.416. The maximum Gasteiger partial charge on any atom is 0.296 e. The lowest BCUT2D eigenvalue weighted by Gasteiger charge is -2.08. The average molecular weight is 412 g/mol. The minimum atomic E-state index is -4.79. The van der Waals surface area contributed by atoms with Gasteiger partial charge in [-0.2, -0.15) is 22.1 Å². The number of aromatic nitrogens is 1. The van der Waals surface area contributed by atoms with E-state index in [1.165, 1.54) is 6.92 Å². The van der Waals surface area contributed by atoms with Gasteiger partial charge in [-0.1, -0.05) is 0 Å². The van der Waals surface area contributed by atoms with E-state index in [0.29, 0.717) is 6.07 Å². The van der Waals surface area contributed by atoms with Crippen LogP contribution in [0.3, 0.4) is 0 Å². The Bertz CT molecular complexity index is 1210. The van der Waals surface area contributed by atoms with Crippen molar-refractivity contribution in [3.63, 3.8) is 0 Å². The third-order valence-corrected chi connectivity index (χ3v) is 5.10. The minimum absolute atomic E-state index is 0.0279. The molecule has 0 atom stereocenters. The molecule has 2 aromatic rings. The molecule has 0 amide bonds. The summed E-state index contributed by atoms with van der Waals surface area (Å²) in [5, 5.41) is 16.4. The summed E-state index contributed by atoms with van der Waals surface area (Å²) in [4.78, 5) is 2.28. The largest absolute Gasteiger partial charge is 0.383 e. The number of hydrogen-bond donors (Lipinski definition) is 4. The van der Waals surface area contributed by atoms with Crippen molar-refractivity contribution in [2.45, 2.75) is 16.7 Å². The lowest BCUT2D eigenvalue weighted by atomic mass is 10.1. The Morgan fingerprint density at radius 1 is 1.07 bits per heavy atom. The molecule has 12 nitrogen and oxygen atoms in total. The minimum Gasteiger partial charge on any atom is -0.383 e. The van der Waals surface area contributed by atoms with Gasteiger partial charge in [0.25, 0.3) is 20.2 Å². The number of hydrogen-bond acceptors (Lipinski definition) is 10. The Hall–Kier alpha value is -3.12. The van der Waals surface area contributed by atoms with Crippen LogP contribution >= 0.6 is 0 Å². The zero-order chi connectivity index (χ0) is 20.6. The Morgan fingerprint density at radius 3 is 2.22 bits per heavy atom. The second kappa shape index (κ2) is 6.89. The number of anilines is 2. The maximum absolute atomic E-state index is 11.5. The molecule has 0 saturated heterocycles. The fourth-order valence-electron chi connectivity index (χ4n) is 2.07. The van der Waals surface area contributed by atoms with E-state index in [-0.39, 0.29) is 28.5 Å². The van der Waals surface area contributed by atoms with Crippen molar-refractivity contribution in [1.82, 2.24) is 4.98 Å². The average Bonchev–Trinajstić information content (AvgIpc) is 2.52. The van der Waals surface area contributed by atoms with Gasteiger partial charge in [0, 0.05) is 5.56 Å². The van der Waals surface area contributed by atoms with E-state index >= 15 is 0 Å². The molecule has 1 heterocycles. The number of rotatable bonds is 4. The van der Waals surface area contributed by atoms with Crippen molar-refractivity contribution in [2.24, 2.45) is 10.2 Å². The standard InChI is InChI=1S/C13H12N6O6S2/c1-6-8(5-14)12(15)17-13(16)11(6)19-18-9-4-7(26(20,21)22)2-3-10(9)27(23,24)25/h2-4H,1H3,(H4,15,16,17)(H,20,21,22)(H,23,24,25)/b19-18+. The van der Waals surface area contributed by atoms with Crippen LogP contribution in [0.4, 0.5) is 23.0 Å². The van der Waals surface area contributed by atoms with Gasteiger partial charge in [0.1, 0.15) is 28.2 Å². The molecule has 0 radical (unpaired) electrons. The Kier molecular flexibility index (Phi) is 5.15. The third kappa shape index (κ3) is 4.17. The molecule has 0 spiro atoms. The maximum atomic E-state index is 11.5. The van der Waals surface area contributed by atoms with Gasteiger partial charge < -0.3 is 11.5 Å². The van der Waals surface area contributed by atoms with Crippen LogP contribution in [0.15, 0.2) is 38.2 Å². The van der Waals surface area contributed by atoms with E-state index in [4.69, 9.17) is 21.3 Å². The van der Waals surface area contributed by atoms with Crippen molar-refractivity contribution >= 4 is 43.2 Å². The van der Waals surface area contributed by atoms with Crippen molar-refractivity contribution in [3.8, 4) is 6.07 Å². The van der Waals surface area contributed by atoms with Crippen LogP contribution in [0, 0.1) is 18.3 Å². The van der Waals surface area contributed by atoms with Crippen LogP contribution in [0.5, 0.6) is 0 Å². The van der Waals surface area contributed by atoms with Gasteiger partial charge in [-0.05, 0) is 25.1 Å². The Morgan fingerprint density at radius 2 is 1.70 bits per heavy atom. The molecule has 14 heteroatoms. The zero-order valence-electron chi connectivity index (χ0n) is 13.5. The fourth-order valence-corrected chi connectivity index (χ4v) is 3.17. The predicted octanol–water partition coefficient (Wildman–Crippen LogP) is 1.33. The molecule has 0 saturated carbocycles. The summed E-state index contributed by atoms with van der Waals surface area (Å²) in [6.45, 7) is 1.44. The van der Waals surface area contributed by atoms with Gasteiger partial charge in [-0.15, -0.1) is 10.2 Å². The summed E-state index contributed by atoms with van der Waals surface area (Å²) in [6, 6.07) is 3.97. The molecular formula is C13H12N6O6S2. The summed E-state index contributed by atoms with van der Waals surface area (Å²) in [6.07, 6.45) is 0. The van der Waals surface area contributed by atoms with Gasteiger partial charge in [0.05, 0.1) is 10.5 Å². The van der Waals surface area contributed by atoms with Crippen LogP contribution in [0.1, 0.15) is 11.1 Å². The first-order valence-electron chi connectivity index (χ1n) is 6.82. The number of nitrogens with two attached hydrogens (primary N) is 2. The summed E-state index contributed by atoms with van der Waals surface area (Å²) in [7, 11) is -9.47. The van der Waals surface area contributed by atoms with Crippen LogP contribution in [0.25, 0.3) is 0 Å². The molecule has 0 aliphatic carbocycles. The monoisotopic (exact) mass is 412 g/mol. The SMILES string of the molecule is Cc1c(C#N)c(N)nc(N)c1/N=N/c1cc(S(=O)(=O)O)ccc1S(=O)(=O)O. The smallest absolute Gasteiger partial charge is 0.296 e. The molecule has 142 valence electrons. The van der Waals surface area contributed by atoms with Crippen molar-refractivity contribution < 1.29 is 25.9 Å². The highest BCUT2D eigenvalue weighted by molar-refractivity contribution is 7.86. The first-order valence-corrected chi connectivity index (χ1v) is 9.70. The number of azo groups is 1. The van der Waals surface area contributed by atoms with Gasteiger partial charge in [0.2, 0.25) is 0 Å². The lowest BCUT2D eigenvalue weighted by Crippen LogP contribution is -2.03. The van der Waals surface area contributed by atoms with Gasteiger partial charge in [-0.3, -0.25) is 9.11 Å². The summed E-state index contributed by atoms with van der Waals surface area (Å²) >= 11 is 0. The third-order valence-electron chi connectivity index (χ3n) is 3.35. The molecule has 0 unspecified atom stereocenters. The van der Waals surface area contributed by atoms with Crippen molar-refractivity contribution in [1.29, 1.82) is 5.26 Å². The topological polar surface area (TPSA) is 222 Å². The first kappa shape index (κ1) is 20.2. The Balaban J connectivity index is 2.72. The van der Waals surface area contributed by atoms with Crippen LogP contribution in [0.2, 0.25) is 0 Å². The summed E-state index contributed by atoms with van der Waals surface area (Å²) < 4.78 is 63.7. The van der Waals surface area contributed by atoms with Gasteiger partial charge in [-0.25, -0.2) is 4.98 Å². The first-order chi connectivity index (χ1) is 12.4. The summed E-state index contributed by atoms with van der Waals surface area (Å²) in [5.74, 6) is -0.356. The normalized spacial score (nSPS) is 12.2. The van der Waals surface area contributed by atoms with Crippen LogP contribution < -0.4 is 11.5 Å². The summed E-state index contributed by atoms with van der Waals surface area (Å²) in [5.41, 5.74) is 10.7. The molecule has 2 rings (SSSR count). The van der Waals surface area contributed by atoms with E-state index in [1.54, 1.807) is 6.07 Å². The van der Waals surface area contributed by atoms with E-state index in [2.05, 4.69) is 15.2 Å². The lowest BCUT2D eigenvalue weighted by molar-refractivity contribution is 0.478. The number of nitrogen functional groups attached to an aromatic ring is 2. The molecule has 0 bridgehead atoms. The molecular weight excluding hydrogens is 400 g/mol. The van der Waals surface area contributed by atoms with Crippen LogP contribution in [-0.2, 0) is 20.2 Å². The molecule has 1 aromatic heterocycles. The van der Waals surface area contributed by atoms with Gasteiger partial charge in [0.15, 0.2) is 5.82 Å². The highest BCUT2D eigenvalue weighted by Gasteiger charge is 2.20. The fraction of sp³-hybridized carbons (Fsp3) is 0.0769. The molecule has 0 aliphatic rings. The molecule has 1 aromatic carbocycles. The predicted molar refractivity (Wildman–Crippen MR) is 92.8 cm³/mol. The zero-order valence-corrected chi connectivity index (χ0v) is 15.2. The van der Waals surface area contributed by atoms with Gasteiger partial charge >= 0.3 is 0 Å². The van der Waals surface area contributed by atoms with E-state index in [1.807, 2.05) is 0 Å². The number of nitrogens with zero attached hydrogens (tertiary/aromatic N) is 4. The number of nitriles is 1. The number of pyridine rings is 1.